The highest BCUT2D eigenvalue weighted by atomic mass is 32.2. The van der Waals surface area contributed by atoms with Gasteiger partial charge in [0, 0.05) is 13.1 Å². The number of hydrogen-bond acceptors (Lipinski definition) is 5. The van der Waals surface area contributed by atoms with Gasteiger partial charge in [0.1, 0.15) is 6.61 Å². The summed E-state index contributed by atoms with van der Waals surface area (Å²) >= 11 is 0. The zero-order chi connectivity index (χ0) is 21.8. The minimum absolute atomic E-state index is 0.151. The number of carbonyl (C=O) groups is 1. The van der Waals surface area contributed by atoms with Crippen LogP contribution in [-0.4, -0.2) is 31.8 Å². The highest BCUT2D eigenvalue weighted by molar-refractivity contribution is 7.89. The number of benzene rings is 2. The number of carbonyl (C=O) groups excluding carboxylic acids is 1. The van der Waals surface area contributed by atoms with Gasteiger partial charge in [0.15, 0.2) is 0 Å². The van der Waals surface area contributed by atoms with Gasteiger partial charge in [0.05, 0.1) is 22.4 Å². The molecular formula is C24H26N2O4S. The first kappa shape index (κ1) is 21.5. The Morgan fingerprint density at radius 2 is 1.71 bits per heavy atom. The lowest BCUT2D eigenvalue weighted by atomic mass is 9.92. The Morgan fingerprint density at radius 3 is 2.39 bits per heavy atom. The van der Waals surface area contributed by atoms with Crippen molar-refractivity contribution in [1.29, 1.82) is 5.26 Å². The van der Waals surface area contributed by atoms with Crippen LogP contribution in [-0.2, 0) is 39.0 Å². The van der Waals surface area contributed by atoms with Gasteiger partial charge >= 0.3 is 5.97 Å². The van der Waals surface area contributed by atoms with Crippen LogP contribution in [0.3, 0.4) is 0 Å². The summed E-state index contributed by atoms with van der Waals surface area (Å²) in [6, 6.07) is 14.5. The fourth-order valence-corrected chi connectivity index (χ4v) is 5.82. The molecule has 1 saturated heterocycles. The van der Waals surface area contributed by atoms with E-state index in [1.807, 2.05) is 12.1 Å². The summed E-state index contributed by atoms with van der Waals surface area (Å²) in [6.07, 6.45) is 5.13. The van der Waals surface area contributed by atoms with Gasteiger partial charge < -0.3 is 4.74 Å². The number of hydrogen-bond donors (Lipinski definition) is 0. The molecule has 0 unspecified atom stereocenters. The molecule has 0 N–H and O–H groups in total. The van der Waals surface area contributed by atoms with E-state index in [0.29, 0.717) is 36.4 Å². The van der Waals surface area contributed by atoms with E-state index in [1.54, 1.807) is 30.3 Å². The van der Waals surface area contributed by atoms with Crippen molar-refractivity contribution in [1.82, 2.24) is 4.31 Å². The molecule has 0 bridgehead atoms. The van der Waals surface area contributed by atoms with E-state index in [-0.39, 0.29) is 18.5 Å². The van der Waals surface area contributed by atoms with Crippen LogP contribution >= 0.6 is 0 Å². The van der Waals surface area contributed by atoms with Crippen LogP contribution < -0.4 is 0 Å². The molecule has 0 saturated carbocycles. The van der Waals surface area contributed by atoms with Gasteiger partial charge in [-0.1, -0.05) is 18.2 Å². The van der Waals surface area contributed by atoms with E-state index in [1.165, 1.54) is 9.87 Å². The molecule has 2 aromatic carbocycles. The van der Waals surface area contributed by atoms with Crippen molar-refractivity contribution in [2.45, 2.75) is 50.0 Å². The molecule has 162 valence electrons. The number of nitrogens with zero attached hydrogens (tertiary/aromatic N) is 2. The highest BCUT2D eigenvalue weighted by Crippen LogP contribution is 2.28. The SMILES string of the molecule is N#Cc1ccc(COC(=O)C2CCN(S(=O)(=O)c3ccc4c(c3)CCCC4)CC2)cc1. The normalized spacial score (nSPS) is 17.5. The Hall–Kier alpha value is -2.69. The van der Waals surface area contributed by atoms with E-state index < -0.39 is 10.0 Å². The minimum Gasteiger partial charge on any atom is -0.461 e. The van der Waals surface area contributed by atoms with Crippen molar-refractivity contribution in [3.8, 4) is 6.07 Å². The lowest BCUT2D eigenvalue weighted by Gasteiger charge is -2.30. The Kier molecular flexibility index (Phi) is 6.40. The Balaban J connectivity index is 1.33. The van der Waals surface area contributed by atoms with Crippen molar-refractivity contribution in [3.63, 3.8) is 0 Å². The smallest absolute Gasteiger partial charge is 0.309 e. The third kappa shape index (κ3) is 4.81. The average molecular weight is 439 g/mol. The lowest BCUT2D eigenvalue weighted by molar-refractivity contribution is -0.151. The molecule has 4 rings (SSSR count). The monoisotopic (exact) mass is 438 g/mol. The number of nitriles is 1. The van der Waals surface area contributed by atoms with Crippen molar-refractivity contribution >= 4 is 16.0 Å². The molecule has 31 heavy (non-hydrogen) atoms. The Labute approximate surface area is 183 Å². The van der Waals surface area contributed by atoms with Crippen LogP contribution in [0.25, 0.3) is 0 Å². The van der Waals surface area contributed by atoms with Crippen LogP contribution in [0.5, 0.6) is 0 Å². The van der Waals surface area contributed by atoms with Gasteiger partial charge in [-0.05, 0) is 79.5 Å². The van der Waals surface area contributed by atoms with Gasteiger partial charge in [-0.3, -0.25) is 4.79 Å². The zero-order valence-corrected chi connectivity index (χ0v) is 18.2. The number of ether oxygens (including phenoxy) is 1. The maximum Gasteiger partial charge on any atom is 0.309 e. The van der Waals surface area contributed by atoms with E-state index in [0.717, 1.165) is 36.8 Å². The molecule has 7 heteroatoms. The second kappa shape index (κ2) is 9.21. The lowest BCUT2D eigenvalue weighted by Crippen LogP contribution is -2.40. The number of piperidine rings is 1. The first-order valence-electron chi connectivity index (χ1n) is 10.7. The summed E-state index contributed by atoms with van der Waals surface area (Å²) in [5, 5.41) is 8.84. The van der Waals surface area contributed by atoms with Gasteiger partial charge in [-0.15, -0.1) is 0 Å². The fraction of sp³-hybridized carbons (Fsp3) is 0.417. The highest BCUT2D eigenvalue weighted by Gasteiger charge is 2.33. The van der Waals surface area contributed by atoms with Gasteiger partial charge in [0.2, 0.25) is 10.0 Å². The van der Waals surface area contributed by atoms with Gasteiger partial charge in [-0.2, -0.15) is 9.57 Å². The van der Waals surface area contributed by atoms with E-state index >= 15 is 0 Å². The number of rotatable bonds is 5. The number of sulfonamides is 1. The second-order valence-corrected chi connectivity index (χ2v) is 10.2. The number of aryl methyl sites for hydroxylation is 2. The van der Waals surface area contributed by atoms with Crippen LogP contribution in [0.1, 0.15) is 47.9 Å². The Morgan fingerprint density at radius 1 is 1.03 bits per heavy atom. The second-order valence-electron chi connectivity index (χ2n) is 8.23. The summed E-state index contributed by atoms with van der Waals surface area (Å²) in [7, 11) is -3.55. The maximum atomic E-state index is 13.1. The van der Waals surface area contributed by atoms with Crippen molar-refractivity contribution in [3.05, 3.63) is 64.7 Å². The summed E-state index contributed by atoms with van der Waals surface area (Å²) in [5.41, 5.74) is 3.78. The van der Waals surface area contributed by atoms with Crippen molar-refractivity contribution in [2.75, 3.05) is 13.1 Å². The van der Waals surface area contributed by atoms with E-state index in [2.05, 4.69) is 6.07 Å². The predicted molar refractivity (Wildman–Crippen MR) is 116 cm³/mol. The molecule has 0 atom stereocenters. The summed E-state index contributed by atoms with van der Waals surface area (Å²) < 4.78 is 33.1. The number of fused-ring (bicyclic) bond motifs is 1. The fourth-order valence-electron chi connectivity index (χ4n) is 4.30. The third-order valence-corrected chi connectivity index (χ3v) is 8.10. The predicted octanol–water partition coefficient (Wildman–Crippen LogP) is 3.58. The molecule has 6 nitrogen and oxygen atoms in total. The molecule has 1 aliphatic heterocycles. The summed E-state index contributed by atoms with van der Waals surface area (Å²) in [4.78, 5) is 12.8. The number of esters is 1. The molecular weight excluding hydrogens is 412 g/mol. The molecule has 0 spiro atoms. The molecule has 1 fully saturated rings. The van der Waals surface area contributed by atoms with Crippen LogP contribution in [0.4, 0.5) is 0 Å². The zero-order valence-electron chi connectivity index (χ0n) is 17.4. The standard InChI is InChI=1S/C24H26N2O4S/c25-16-18-5-7-19(8-6-18)17-30-24(27)21-11-13-26(14-12-21)31(28,29)23-10-9-20-3-1-2-4-22(20)15-23/h5-10,15,21H,1-4,11-14,17H2. The topological polar surface area (TPSA) is 87.5 Å². The van der Waals surface area contributed by atoms with Crippen molar-refractivity contribution < 1.29 is 17.9 Å². The maximum absolute atomic E-state index is 13.1. The third-order valence-electron chi connectivity index (χ3n) is 6.21. The average Bonchev–Trinajstić information content (AvgIpc) is 2.82. The van der Waals surface area contributed by atoms with Crippen LogP contribution in [0, 0.1) is 17.2 Å². The van der Waals surface area contributed by atoms with E-state index in [4.69, 9.17) is 10.00 Å². The Bertz CT molecular complexity index is 1100. The first-order chi connectivity index (χ1) is 15.0. The minimum atomic E-state index is -3.55. The molecule has 0 radical (unpaired) electrons. The van der Waals surface area contributed by atoms with Crippen molar-refractivity contribution in [2.24, 2.45) is 5.92 Å². The molecule has 2 aromatic rings. The molecule has 1 aliphatic carbocycles. The summed E-state index contributed by atoms with van der Waals surface area (Å²) in [5.74, 6) is -0.594. The molecule has 0 aromatic heterocycles. The largest absolute Gasteiger partial charge is 0.461 e. The summed E-state index contributed by atoms with van der Waals surface area (Å²) in [6.45, 7) is 0.782. The quantitative estimate of drug-likeness (QED) is 0.666. The first-order valence-corrected chi connectivity index (χ1v) is 12.2. The van der Waals surface area contributed by atoms with Crippen LogP contribution in [0.15, 0.2) is 47.4 Å². The molecule has 2 aliphatic rings. The van der Waals surface area contributed by atoms with Gasteiger partial charge in [-0.25, -0.2) is 8.42 Å². The van der Waals surface area contributed by atoms with Gasteiger partial charge in [0.25, 0.3) is 0 Å². The molecule has 1 heterocycles. The van der Waals surface area contributed by atoms with Crippen LogP contribution in [0.2, 0.25) is 0 Å². The van der Waals surface area contributed by atoms with E-state index in [9.17, 15) is 13.2 Å². The molecule has 0 amide bonds.